The maximum absolute atomic E-state index is 13.4. The number of Topliss-reactive ketones (excluding diaryl/α,β-unsaturated/α-hetero) is 1. The number of benzene rings is 3. The molecule has 0 saturated carbocycles. The van der Waals surface area contributed by atoms with Crippen molar-refractivity contribution >= 4 is 34.7 Å². The van der Waals surface area contributed by atoms with E-state index in [1.165, 1.54) is 12.0 Å². The number of nitrogens with zero attached hydrogens (tertiary/aromatic N) is 1. The fourth-order valence-electron chi connectivity index (χ4n) is 4.17. The lowest BCUT2D eigenvalue weighted by molar-refractivity contribution is -0.132. The second-order valence-corrected chi connectivity index (χ2v) is 8.18. The van der Waals surface area contributed by atoms with E-state index in [1.54, 1.807) is 54.6 Å². The molecule has 4 rings (SSSR count). The van der Waals surface area contributed by atoms with Crippen LogP contribution < -0.4 is 14.4 Å². The monoisotopic (exact) mass is 477 g/mol. The van der Waals surface area contributed by atoms with Crippen molar-refractivity contribution in [3.63, 3.8) is 0 Å². The van der Waals surface area contributed by atoms with E-state index in [-0.39, 0.29) is 11.3 Å². The largest absolute Gasteiger partial charge is 0.507 e. The molecule has 1 aliphatic rings. The summed E-state index contributed by atoms with van der Waals surface area (Å²) in [4.78, 5) is 28.1. The third kappa shape index (κ3) is 4.01. The van der Waals surface area contributed by atoms with Gasteiger partial charge in [-0.1, -0.05) is 48.0 Å². The number of aliphatic hydroxyl groups excluding tert-OH is 1. The molecule has 0 spiro atoms. The summed E-state index contributed by atoms with van der Waals surface area (Å²) >= 11 is 6.21. The van der Waals surface area contributed by atoms with Gasteiger partial charge in [-0.25, -0.2) is 0 Å². The molecule has 1 aliphatic heterocycles. The molecule has 3 aromatic carbocycles. The van der Waals surface area contributed by atoms with Crippen LogP contribution in [0.2, 0.25) is 5.02 Å². The number of ether oxygens (including phenoxy) is 2. The molecule has 1 amide bonds. The van der Waals surface area contributed by atoms with Gasteiger partial charge in [0.2, 0.25) is 0 Å². The Morgan fingerprint density at radius 3 is 2.44 bits per heavy atom. The summed E-state index contributed by atoms with van der Waals surface area (Å²) in [6, 6.07) is 18.2. The number of rotatable bonds is 6. The van der Waals surface area contributed by atoms with Crippen LogP contribution in [-0.2, 0) is 9.59 Å². The van der Waals surface area contributed by atoms with Crippen LogP contribution in [0.3, 0.4) is 0 Å². The summed E-state index contributed by atoms with van der Waals surface area (Å²) in [6.45, 7) is 4.06. The smallest absolute Gasteiger partial charge is 0.300 e. The van der Waals surface area contributed by atoms with Crippen LogP contribution in [0.15, 0.2) is 72.3 Å². The number of halogens is 1. The maximum atomic E-state index is 13.4. The molecular formula is C27H24ClNO5. The number of hydrogen-bond donors (Lipinski definition) is 1. The zero-order valence-corrected chi connectivity index (χ0v) is 19.8. The summed E-state index contributed by atoms with van der Waals surface area (Å²) in [5, 5.41) is 11.7. The minimum absolute atomic E-state index is 0.0393. The molecule has 0 bridgehead atoms. The first-order valence-corrected chi connectivity index (χ1v) is 11.2. The maximum Gasteiger partial charge on any atom is 0.300 e. The van der Waals surface area contributed by atoms with Crippen LogP contribution in [0, 0.1) is 6.92 Å². The Labute approximate surface area is 203 Å². The Morgan fingerprint density at radius 1 is 1.03 bits per heavy atom. The second-order valence-electron chi connectivity index (χ2n) is 7.78. The Balaban J connectivity index is 1.99. The molecular weight excluding hydrogens is 454 g/mol. The van der Waals surface area contributed by atoms with E-state index in [4.69, 9.17) is 21.1 Å². The predicted octanol–water partition coefficient (Wildman–Crippen LogP) is 5.68. The van der Waals surface area contributed by atoms with E-state index < -0.39 is 17.7 Å². The number of hydrogen-bond acceptors (Lipinski definition) is 5. The lowest BCUT2D eigenvalue weighted by atomic mass is 9.94. The average Bonchev–Trinajstić information content (AvgIpc) is 3.10. The number of methoxy groups -OCH3 is 1. The number of aryl methyl sites for hydroxylation is 1. The fourth-order valence-corrected chi connectivity index (χ4v) is 4.35. The molecule has 7 heteroatoms. The summed E-state index contributed by atoms with van der Waals surface area (Å²) in [7, 11) is 1.52. The Hall–Kier alpha value is -3.77. The molecule has 3 aromatic rings. The summed E-state index contributed by atoms with van der Waals surface area (Å²) in [5.74, 6) is -0.974. The summed E-state index contributed by atoms with van der Waals surface area (Å²) in [5.41, 5.74) is 2.24. The molecule has 1 heterocycles. The molecule has 1 saturated heterocycles. The predicted molar refractivity (Wildman–Crippen MR) is 132 cm³/mol. The van der Waals surface area contributed by atoms with Crippen molar-refractivity contribution < 1.29 is 24.2 Å². The average molecular weight is 478 g/mol. The number of anilines is 1. The van der Waals surface area contributed by atoms with Crippen molar-refractivity contribution in [2.45, 2.75) is 19.9 Å². The van der Waals surface area contributed by atoms with Gasteiger partial charge in [-0.3, -0.25) is 14.5 Å². The first-order chi connectivity index (χ1) is 16.4. The van der Waals surface area contributed by atoms with Gasteiger partial charge in [0.1, 0.15) is 17.3 Å². The van der Waals surface area contributed by atoms with Gasteiger partial charge in [0.15, 0.2) is 0 Å². The second kappa shape index (κ2) is 9.61. The van der Waals surface area contributed by atoms with E-state index in [0.717, 1.165) is 5.56 Å². The van der Waals surface area contributed by atoms with Crippen LogP contribution >= 0.6 is 11.6 Å². The number of carbonyl (C=O) groups excluding carboxylic acids is 2. The van der Waals surface area contributed by atoms with Gasteiger partial charge in [-0.15, -0.1) is 0 Å². The van der Waals surface area contributed by atoms with Gasteiger partial charge >= 0.3 is 0 Å². The standard InChI is InChI=1S/C27H24ClNO5/c1-4-34-22-15-17(13-14-19(22)28)25(30)23-24(18-10-6-8-12-21(18)33-3)29(27(32)26(23)31)20-11-7-5-9-16(20)2/h5-15,24,30H,4H2,1-3H3/b25-23+. The number of ketones is 1. The van der Waals surface area contributed by atoms with Crippen LogP contribution in [0.4, 0.5) is 5.69 Å². The highest BCUT2D eigenvalue weighted by Crippen LogP contribution is 2.45. The lowest BCUT2D eigenvalue weighted by Crippen LogP contribution is -2.30. The Bertz CT molecular complexity index is 1300. The van der Waals surface area contributed by atoms with Gasteiger partial charge in [0, 0.05) is 16.8 Å². The van der Waals surface area contributed by atoms with E-state index >= 15 is 0 Å². The van der Waals surface area contributed by atoms with Gasteiger partial charge in [-0.2, -0.15) is 0 Å². The van der Waals surface area contributed by atoms with Crippen LogP contribution in [0.1, 0.15) is 29.7 Å². The SMILES string of the molecule is CCOc1cc(/C(O)=C2\C(=O)C(=O)N(c3ccccc3C)C2c2ccccc2OC)ccc1Cl. The third-order valence-corrected chi connectivity index (χ3v) is 6.07. The quantitative estimate of drug-likeness (QED) is 0.281. The molecule has 1 fully saturated rings. The van der Waals surface area contributed by atoms with Crippen LogP contribution in [0.5, 0.6) is 11.5 Å². The molecule has 1 N–H and O–H groups in total. The van der Waals surface area contributed by atoms with Crippen molar-refractivity contribution in [3.05, 3.63) is 94.0 Å². The van der Waals surface area contributed by atoms with E-state index in [0.29, 0.717) is 39.9 Å². The molecule has 1 unspecified atom stereocenters. The van der Waals surface area contributed by atoms with E-state index in [1.807, 2.05) is 26.0 Å². The first kappa shape index (κ1) is 23.4. The molecule has 0 aliphatic carbocycles. The normalized spacial score (nSPS) is 17.2. The molecule has 174 valence electrons. The highest BCUT2D eigenvalue weighted by atomic mass is 35.5. The minimum Gasteiger partial charge on any atom is -0.507 e. The van der Waals surface area contributed by atoms with Gasteiger partial charge in [0.05, 0.1) is 30.4 Å². The van der Waals surface area contributed by atoms with E-state index in [9.17, 15) is 14.7 Å². The number of aliphatic hydroxyl groups is 1. The van der Waals surface area contributed by atoms with Gasteiger partial charge in [0.25, 0.3) is 11.7 Å². The molecule has 0 radical (unpaired) electrons. The number of carbonyl (C=O) groups is 2. The Morgan fingerprint density at radius 2 is 1.74 bits per heavy atom. The highest BCUT2D eigenvalue weighted by molar-refractivity contribution is 6.51. The number of para-hydroxylation sites is 2. The van der Waals surface area contributed by atoms with E-state index in [2.05, 4.69) is 0 Å². The molecule has 34 heavy (non-hydrogen) atoms. The van der Waals surface area contributed by atoms with Gasteiger partial charge < -0.3 is 14.6 Å². The van der Waals surface area contributed by atoms with Crippen molar-refractivity contribution in [2.75, 3.05) is 18.6 Å². The highest BCUT2D eigenvalue weighted by Gasteiger charge is 2.48. The third-order valence-electron chi connectivity index (χ3n) is 5.76. The zero-order chi connectivity index (χ0) is 24.4. The molecule has 1 atom stereocenters. The lowest BCUT2D eigenvalue weighted by Gasteiger charge is -2.27. The van der Waals surface area contributed by atoms with Crippen molar-refractivity contribution in [1.82, 2.24) is 0 Å². The van der Waals surface area contributed by atoms with Crippen molar-refractivity contribution in [1.29, 1.82) is 0 Å². The number of amides is 1. The zero-order valence-electron chi connectivity index (χ0n) is 19.0. The van der Waals surface area contributed by atoms with Crippen molar-refractivity contribution in [3.8, 4) is 11.5 Å². The van der Waals surface area contributed by atoms with Crippen LogP contribution in [0.25, 0.3) is 5.76 Å². The first-order valence-electron chi connectivity index (χ1n) is 10.8. The summed E-state index contributed by atoms with van der Waals surface area (Å²) in [6.07, 6.45) is 0. The van der Waals surface area contributed by atoms with Crippen LogP contribution in [-0.4, -0.2) is 30.5 Å². The Kier molecular flexibility index (Phi) is 6.61. The molecule has 6 nitrogen and oxygen atoms in total. The van der Waals surface area contributed by atoms with Gasteiger partial charge in [-0.05, 0) is 49.7 Å². The molecule has 0 aromatic heterocycles. The fraction of sp³-hybridized carbons (Fsp3) is 0.185. The minimum atomic E-state index is -0.900. The summed E-state index contributed by atoms with van der Waals surface area (Å²) < 4.78 is 11.1. The topological polar surface area (TPSA) is 76.1 Å². The van der Waals surface area contributed by atoms with Crippen molar-refractivity contribution in [2.24, 2.45) is 0 Å².